The molecule has 0 aromatic heterocycles. The molecule has 1 radical (unpaired) electrons. The summed E-state index contributed by atoms with van der Waals surface area (Å²) in [5, 5.41) is 81.7. The molecular weight excluding hydrogens is 1640 g/mol. The average molecular weight is 1730 g/mol. The van der Waals surface area contributed by atoms with Crippen LogP contribution >= 0.6 is 23.5 Å². The van der Waals surface area contributed by atoms with Crippen molar-refractivity contribution < 1.29 is 134 Å². The zero-order valence-electron chi connectivity index (χ0n) is 65.3. The number of phenolic OH excluding ortho intramolecular Hbond substituents is 4. The van der Waals surface area contributed by atoms with Crippen LogP contribution in [0.5, 0.6) is 80.5 Å². The summed E-state index contributed by atoms with van der Waals surface area (Å²) in [5.41, 5.74) is 15.0. The number of aromatic hydroxyl groups is 4. The fourth-order valence-corrected chi connectivity index (χ4v) is 22.2. The molecule has 0 amide bonds. The minimum absolute atomic E-state index is 0. The van der Waals surface area contributed by atoms with Gasteiger partial charge in [0.2, 0.25) is 19.4 Å². The molecule has 4 fully saturated rings. The minimum atomic E-state index is -1.50. The predicted molar refractivity (Wildman–Crippen MR) is 409 cm³/mol. The summed E-state index contributed by atoms with van der Waals surface area (Å²) >= 11 is 2.70. The summed E-state index contributed by atoms with van der Waals surface area (Å²) in [6, 6.07) is 12.4. The molecule has 12 heterocycles. The number of nitriles is 2. The Bertz CT molecular complexity index is 5120. The van der Waals surface area contributed by atoms with Crippen molar-refractivity contribution in [2.75, 3.05) is 93.9 Å². The van der Waals surface area contributed by atoms with E-state index < -0.39 is 99.1 Å². The minimum Gasteiger partial charge on any atom is -0.504 e. The van der Waals surface area contributed by atoms with E-state index >= 15 is 0 Å². The molecule has 0 saturated carbocycles. The van der Waals surface area contributed by atoms with Crippen LogP contribution in [-0.4, -0.2) is 210 Å². The maximum Gasteiger partial charge on any atom is 0.375 e. The van der Waals surface area contributed by atoms with Crippen LogP contribution in [0.4, 0.5) is 0 Å². The van der Waals surface area contributed by atoms with Crippen LogP contribution in [0.1, 0.15) is 132 Å². The number of nitrogens with zero attached hydrogens (tertiary/aromatic N) is 7. The zero-order chi connectivity index (χ0) is 82.4. The number of nitrogens with two attached hydrogens (primary N) is 1. The van der Waals surface area contributed by atoms with Crippen LogP contribution in [0.15, 0.2) is 42.5 Å². The molecule has 8 N–H and O–H groups in total. The van der Waals surface area contributed by atoms with Gasteiger partial charge in [0.25, 0.3) is 5.09 Å². The number of fused-ring (bicyclic) bond motifs is 18. The van der Waals surface area contributed by atoms with Crippen LogP contribution in [0.25, 0.3) is 0 Å². The van der Waals surface area contributed by atoms with E-state index in [0.29, 0.717) is 134 Å². The molecule has 36 heteroatoms. The molecule has 12 aliphatic rings. The second-order valence-corrected chi connectivity index (χ2v) is 31.9. The van der Waals surface area contributed by atoms with Gasteiger partial charge >= 0.3 is 23.9 Å². The number of benzene rings is 6. The number of ether oxygens (including phenoxy) is 12. The van der Waals surface area contributed by atoms with Crippen LogP contribution < -0.4 is 58.4 Å². The molecule has 1 spiro atoms. The normalized spacial score (nSPS) is 25.8. The van der Waals surface area contributed by atoms with E-state index in [0.717, 1.165) is 39.8 Å². The van der Waals surface area contributed by atoms with Gasteiger partial charge in [-0.25, -0.2) is 9.59 Å². The van der Waals surface area contributed by atoms with Gasteiger partial charge in [-0.1, -0.05) is 18.2 Å². The Morgan fingerprint density at radius 1 is 0.647 bits per heavy atom. The van der Waals surface area contributed by atoms with Crippen molar-refractivity contribution in [3.63, 3.8) is 0 Å². The maximum atomic E-state index is 14.7. The standard InChI is InChI=1S/C40H42N4O10S.C31H31N3O9S.C9H13NO2.Ag.HNO3/c1-17-9-21-10-23-24(13-41)44-25-14-51-39(48)40(22-12-27(49-5)26(46)11-20(22)7-8-42-40)15-55-38(32(44)31(43(23)4)28(21)33(47)34(17)50-6)30-29(25)37-36(52-16-53-37)18(2)35(30)54-19(3)45;1-12-6-15-7-16-17(8-32)34-18-9-40-31(38)19(36)10-44-30(24(34)23(33(16)4)20(15)25(37)26(12)39-5)22-21(18)29-28(41-11-42-29)13(2)27(22)43-14(3)35;1-12-9-3-2-7(4-5-10)6-8(9)11;;2-1(3)4/h9,11-12,23-25,31-32,38,42,46-47H,7-8,10,14-16H2,1-6H3;6,16-18,23-24,30,37H,7,9-11H2,1-5H3;2-3,6,11H,4-5,10H2,1H3;;(H,2,3,4)/t23-,24?,25-,31+,32?,38+,40+;16-,17?,18-,23+,24?,30+;;;/m00.../s1. The third-order valence-electron chi connectivity index (χ3n) is 23.7. The first-order valence-corrected chi connectivity index (χ1v) is 39.1. The van der Waals surface area contributed by atoms with E-state index in [1.165, 1.54) is 65.8 Å². The van der Waals surface area contributed by atoms with E-state index in [1.807, 2.05) is 53.1 Å². The molecule has 619 valence electrons. The van der Waals surface area contributed by atoms with E-state index in [1.54, 1.807) is 31.2 Å². The van der Waals surface area contributed by atoms with E-state index in [4.69, 9.17) is 77.9 Å². The number of carbonyl (C=O) groups is 5. The van der Waals surface area contributed by atoms with Crippen LogP contribution in [0.2, 0.25) is 0 Å². The van der Waals surface area contributed by atoms with Crippen molar-refractivity contribution in [3.05, 3.63) is 136 Å². The third kappa shape index (κ3) is 13.8. The summed E-state index contributed by atoms with van der Waals surface area (Å²) in [4.78, 5) is 82.7. The van der Waals surface area contributed by atoms with Crippen molar-refractivity contribution in [2.24, 2.45) is 5.73 Å². The van der Waals surface area contributed by atoms with E-state index in [2.05, 4.69) is 37.1 Å². The summed E-state index contributed by atoms with van der Waals surface area (Å²) in [7, 11) is 9.96. The first-order chi connectivity index (χ1) is 55.0. The number of Topliss-reactive ketones (excluding diaryl/α,β-unsaturated/α-hetero) is 1. The Labute approximate surface area is 690 Å². The SMILES string of the molecule is COc1c(C)cc2c(c1O)[C@@H]1C3[C@@H]4SCC(=O)C(=O)OC[C@@H](c5c6c(c(C)c(OC(C)=O)c54)OCO6)N3C(C#N)[C@H](C2)N1C.COc1cc2c(cc1O)CCN[C@]21CS[C@@H]2c3c(OC(C)=O)c(C)c4c(c3[C@H](COC1=O)N1C2[C@H]2c3c(cc(C)c(OC)c3O)C[C@@H](C1C#N)N2C)OCO4.COc1ccc(CCN)cc1O.O=[N+]([O-])O.[Ag]. The van der Waals surface area contributed by atoms with Crippen molar-refractivity contribution in [3.8, 4) is 92.6 Å². The summed E-state index contributed by atoms with van der Waals surface area (Å²) < 4.78 is 70.0. The molecule has 6 aromatic carbocycles. The number of likely N-dealkylation sites (N-methyl/N-ethyl adjacent to an activating group) is 2. The fraction of sp³-hybridized carbons (Fsp3) is 0.463. The average Bonchev–Trinajstić information content (AvgIpc) is 0.924. The molecular formula is C80H87AgN9O24S2. The molecule has 12 aliphatic heterocycles. The largest absolute Gasteiger partial charge is 0.504 e. The second kappa shape index (κ2) is 33.1. The van der Waals surface area contributed by atoms with Crippen molar-refractivity contribution in [1.29, 1.82) is 10.5 Å². The smallest absolute Gasteiger partial charge is 0.375 e. The Morgan fingerprint density at radius 3 is 1.58 bits per heavy atom. The molecule has 8 bridgehead atoms. The van der Waals surface area contributed by atoms with Crippen molar-refractivity contribution in [2.45, 2.75) is 144 Å². The molecule has 33 nitrogen and oxygen atoms in total. The van der Waals surface area contributed by atoms with Gasteiger partial charge in [-0.15, -0.1) is 33.6 Å². The van der Waals surface area contributed by atoms with Gasteiger partial charge in [0.1, 0.15) is 36.8 Å². The first-order valence-electron chi connectivity index (χ1n) is 37.0. The number of cyclic esters (lactones) is 1. The molecule has 13 atom stereocenters. The van der Waals surface area contributed by atoms with Crippen LogP contribution in [0.3, 0.4) is 0 Å². The number of hydrogen-bond donors (Lipinski definition) is 7. The second-order valence-electron chi connectivity index (χ2n) is 29.6. The number of ketones is 1. The maximum absolute atomic E-state index is 14.7. The van der Waals surface area contributed by atoms with Crippen LogP contribution in [0, 0.1) is 60.5 Å². The summed E-state index contributed by atoms with van der Waals surface area (Å²) in [5.74, 6) is 0.784. The summed E-state index contributed by atoms with van der Waals surface area (Å²) in [6.45, 7) is 10.5. The number of hydrogen-bond acceptors (Lipinski definition) is 33. The Hall–Kier alpha value is -10.1. The zero-order valence-corrected chi connectivity index (χ0v) is 68.4. The monoisotopic (exact) mass is 1730 g/mol. The van der Waals surface area contributed by atoms with Gasteiger partial charge in [-0.2, -0.15) is 10.5 Å². The molecule has 116 heavy (non-hydrogen) atoms. The van der Waals surface area contributed by atoms with Gasteiger partial charge in [0.05, 0.1) is 81.0 Å². The van der Waals surface area contributed by atoms with Gasteiger partial charge in [0, 0.05) is 117 Å². The number of aryl methyl sites for hydroxylation is 2. The number of rotatable bonds is 8. The third-order valence-corrected chi connectivity index (χ3v) is 26.4. The predicted octanol–water partition coefficient (Wildman–Crippen LogP) is 7.34. The van der Waals surface area contributed by atoms with E-state index in [-0.39, 0.29) is 102 Å². The number of methoxy groups -OCH3 is 4. The summed E-state index contributed by atoms with van der Waals surface area (Å²) in [6.07, 6.45) is 2.31. The fourth-order valence-electron chi connectivity index (χ4n) is 19.1. The van der Waals surface area contributed by atoms with Crippen LogP contribution in [-0.2, 0) is 87.0 Å². The number of carbonyl (C=O) groups excluding carboxylic acids is 5. The Kier molecular flexibility index (Phi) is 23.9. The van der Waals surface area contributed by atoms with E-state index in [9.17, 15) is 54.9 Å². The molecule has 4 unspecified atom stereocenters. The number of phenols is 4. The molecule has 6 aromatic rings. The Morgan fingerprint density at radius 2 is 1.12 bits per heavy atom. The number of thioether (sulfide) groups is 2. The van der Waals surface area contributed by atoms with Gasteiger partial charge in [-0.3, -0.25) is 39.3 Å². The molecule has 4 saturated heterocycles. The quantitative estimate of drug-likeness (QED) is 0.0196. The Balaban J connectivity index is 0.000000171. The van der Waals surface area contributed by atoms with Crippen molar-refractivity contribution in [1.82, 2.24) is 24.9 Å². The number of piperazine rings is 2. The number of nitrogens with one attached hydrogen (secondary N) is 1. The topological polar surface area (TPSA) is 439 Å². The molecule has 18 rings (SSSR count). The number of esters is 4. The van der Waals surface area contributed by atoms with Crippen molar-refractivity contribution >= 4 is 53.2 Å². The van der Waals surface area contributed by atoms with Gasteiger partial charge in [0.15, 0.2) is 74.5 Å². The molecule has 0 aliphatic carbocycles. The first kappa shape index (κ1) is 83.8. The van der Waals surface area contributed by atoms with Gasteiger partial charge in [-0.05, 0) is 137 Å². The van der Waals surface area contributed by atoms with Gasteiger partial charge < -0.3 is 88.2 Å².